The van der Waals surface area contributed by atoms with Gasteiger partial charge in [0.05, 0.1) is 12.2 Å². The van der Waals surface area contributed by atoms with Crippen LogP contribution in [-0.2, 0) is 0 Å². The number of halogens is 1. The minimum absolute atomic E-state index is 0.0943. The van der Waals surface area contributed by atoms with E-state index >= 15 is 0 Å². The number of anilines is 1. The van der Waals surface area contributed by atoms with Crippen molar-refractivity contribution in [1.29, 1.82) is 0 Å². The number of carbonyl (C=O) groups excluding carboxylic acids is 1. The van der Waals surface area contributed by atoms with Gasteiger partial charge in [-0.3, -0.25) is 4.79 Å². The van der Waals surface area contributed by atoms with Crippen LogP contribution in [0.1, 0.15) is 49.4 Å². The molecule has 182 valence electrons. The molecule has 9 heteroatoms. The van der Waals surface area contributed by atoms with Crippen molar-refractivity contribution in [3.05, 3.63) is 22.2 Å². The normalized spacial score (nSPS) is 20.4. The van der Waals surface area contributed by atoms with Crippen molar-refractivity contribution >= 4 is 44.9 Å². The molecule has 0 bridgehead atoms. The summed E-state index contributed by atoms with van der Waals surface area (Å²) in [6, 6.07) is 3.66. The van der Waals surface area contributed by atoms with Crippen LogP contribution >= 0.6 is 28.1 Å². The fraction of sp³-hybridized carbons (Fsp3) is 0.667. The van der Waals surface area contributed by atoms with E-state index in [0.29, 0.717) is 28.1 Å². The molecule has 3 N–H and O–H groups in total. The number of nitrogens with zero attached hydrogens (tertiary/aromatic N) is 3. The number of nitrogens with one attached hydrogen (secondary N) is 1. The number of nitrogen functional groups attached to an aromatic ring is 1. The molecule has 0 atom stereocenters. The minimum Gasteiger partial charge on any atom is -0.493 e. The first-order valence-electron chi connectivity index (χ1n) is 12.2. The lowest BCUT2D eigenvalue weighted by molar-refractivity contribution is 0.0893. The molecule has 0 unspecified atom stereocenters. The van der Waals surface area contributed by atoms with Gasteiger partial charge in [0, 0.05) is 68.1 Å². The number of thiocarbonyl (C=S) groups is 1. The summed E-state index contributed by atoms with van der Waals surface area (Å²) in [4.78, 5) is 20.2. The zero-order valence-corrected chi connectivity index (χ0v) is 21.9. The lowest BCUT2D eigenvalue weighted by Gasteiger charge is -2.43. The third-order valence-corrected chi connectivity index (χ3v) is 8.30. The van der Waals surface area contributed by atoms with E-state index in [2.05, 4.69) is 35.9 Å². The topological polar surface area (TPSA) is 74.1 Å². The van der Waals surface area contributed by atoms with E-state index in [4.69, 9.17) is 22.7 Å². The zero-order valence-electron chi connectivity index (χ0n) is 19.5. The minimum atomic E-state index is -0.0943. The van der Waals surface area contributed by atoms with Gasteiger partial charge in [0.2, 0.25) is 0 Å². The Hall–Kier alpha value is -1.58. The summed E-state index contributed by atoms with van der Waals surface area (Å²) < 4.78 is 6.36. The highest BCUT2D eigenvalue weighted by Gasteiger charge is 2.29. The molecule has 3 aliphatic rings. The number of rotatable bonds is 6. The van der Waals surface area contributed by atoms with Gasteiger partial charge in [-0.2, -0.15) is 0 Å². The van der Waals surface area contributed by atoms with Crippen molar-refractivity contribution in [1.82, 2.24) is 20.0 Å². The van der Waals surface area contributed by atoms with E-state index in [9.17, 15) is 4.79 Å². The Kier molecular flexibility index (Phi) is 8.35. The van der Waals surface area contributed by atoms with Gasteiger partial charge in [0.1, 0.15) is 5.75 Å². The van der Waals surface area contributed by atoms with Crippen LogP contribution in [0.25, 0.3) is 0 Å². The molecule has 1 amide bonds. The SMILES string of the molecule is CCOc1cc(N)c(Br)cc1C(=O)NC1CCN(CC2CCN(C(=S)N3CCC3)CC2)CC1. The summed E-state index contributed by atoms with van der Waals surface area (Å²) in [5, 5.41) is 4.28. The van der Waals surface area contributed by atoms with E-state index in [1.54, 1.807) is 12.1 Å². The zero-order chi connectivity index (χ0) is 23.4. The van der Waals surface area contributed by atoms with Crippen molar-refractivity contribution in [2.24, 2.45) is 5.92 Å². The van der Waals surface area contributed by atoms with Gasteiger partial charge in [0.15, 0.2) is 5.11 Å². The number of benzene rings is 1. The van der Waals surface area contributed by atoms with Crippen molar-refractivity contribution in [3.8, 4) is 5.75 Å². The Labute approximate surface area is 211 Å². The third-order valence-electron chi connectivity index (χ3n) is 7.09. The fourth-order valence-corrected chi connectivity index (χ4v) is 5.63. The van der Waals surface area contributed by atoms with E-state index in [-0.39, 0.29) is 11.9 Å². The molecule has 0 aliphatic carbocycles. The Balaban J connectivity index is 1.21. The number of likely N-dealkylation sites (tertiary alicyclic amines) is 3. The highest BCUT2D eigenvalue weighted by Crippen LogP contribution is 2.30. The van der Waals surface area contributed by atoms with Gasteiger partial charge in [-0.1, -0.05) is 0 Å². The summed E-state index contributed by atoms with van der Waals surface area (Å²) in [6.07, 6.45) is 5.67. The second kappa shape index (κ2) is 11.2. The molecular formula is C24H36BrN5O2S. The second-order valence-electron chi connectivity index (χ2n) is 9.40. The third kappa shape index (κ3) is 6.11. The molecule has 0 radical (unpaired) electrons. The van der Waals surface area contributed by atoms with Crippen LogP contribution in [0, 0.1) is 5.92 Å². The Morgan fingerprint density at radius 1 is 1.12 bits per heavy atom. The molecule has 1 aromatic carbocycles. The number of carbonyl (C=O) groups is 1. The van der Waals surface area contributed by atoms with Crippen LogP contribution in [0.2, 0.25) is 0 Å². The molecule has 0 saturated carbocycles. The molecular weight excluding hydrogens is 502 g/mol. The van der Waals surface area contributed by atoms with Crippen molar-refractivity contribution in [3.63, 3.8) is 0 Å². The number of amides is 1. The predicted octanol–water partition coefficient (Wildman–Crippen LogP) is 3.33. The number of nitrogens with two attached hydrogens (primary N) is 1. The van der Waals surface area contributed by atoms with E-state index in [0.717, 1.165) is 69.7 Å². The molecule has 1 aromatic rings. The fourth-order valence-electron chi connectivity index (χ4n) is 4.92. The molecule has 3 aliphatic heterocycles. The highest BCUT2D eigenvalue weighted by molar-refractivity contribution is 9.10. The van der Waals surface area contributed by atoms with Crippen LogP contribution in [0.3, 0.4) is 0 Å². The van der Waals surface area contributed by atoms with Crippen LogP contribution in [-0.4, -0.2) is 84.2 Å². The van der Waals surface area contributed by atoms with Gasteiger partial charge < -0.3 is 30.5 Å². The number of hydrogen-bond acceptors (Lipinski definition) is 5. The van der Waals surface area contributed by atoms with Crippen LogP contribution in [0.5, 0.6) is 5.75 Å². The summed E-state index contributed by atoms with van der Waals surface area (Å²) >= 11 is 9.08. The molecule has 4 rings (SSSR count). The molecule has 3 fully saturated rings. The molecule has 3 saturated heterocycles. The van der Waals surface area contributed by atoms with Gasteiger partial charge in [-0.15, -0.1) is 0 Å². The maximum absolute atomic E-state index is 12.9. The Bertz CT molecular complexity index is 850. The average Bonchev–Trinajstić information content (AvgIpc) is 2.77. The van der Waals surface area contributed by atoms with Gasteiger partial charge in [-0.05, 0) is 79.2 Å². The Morgan fingerprint density at radius 2 is 1.79 bits per heavy atom. The van der Waals surface area contributed by atoms with E-state index in [1.165, 1.54) is 19.3 Å². The average molecular weight is 539 g/mol. The van der Waals surface area contributed by atoms with Crippen LogP contribution in [0.4, 0.5) is 5.69 Å². The second-order valence-corrected chi connectivity index (χ2v) is 10.6. The van der Waals surface area contributed by atoms with Crippen molar-refractivity contribution in [2.75, 3.05) is 58.2 Å². The number of ether oxygens (including phenoxy) is 1. The molecule has 3 heterocycles. The maximum Gasteiger partial charge on any atom is 0.255 e. The summed E-state index contributed by atoms with van der Waals surface area (Å²) in [5.41, 5.74) is 7.06. The van der Waals surface area contributed by atoms with Crippen molar-refractivity contribution < 1.29 is 9.53 Å². The monoisotopic (exact) mass is 537 g/mol. The first-order valence-corrected chi connectivity index (χ1v) is 13.4. The van der Waals surface area contributed by atoms with Gasteiger partial charge in [-0.25, -0.2) is 0 Å². The van der Waals surface area contributed by atoms with E-state index in [1.807, 2.05) is 6.92 Å². The quantitative estimate of drug-likeness (QED) is 0.425. The maximum atomic E-state index is 12.9. The summed E-state index contributed by atoms with van der Waals surface area (Å²) in [7, 11) is 0. The largest absolute Gasteiger partial charge is 0.493 e. The van der Waals surface area contributed by atoms with Gasteiger partial charge in [0.25, 0.3) is 5.91 Å². The van der Waals surface area contributed by atoms with Crippen LogP contribution in [0.15, 0.2) is 16.6 Å². The number of piperidine rings is 2. The molecule has 0 spiro atoms. The van der Waals surface area contributed by atoms with E-state index < -0.39 is 0 Å². The predicted molar refractivity (Wildman–Crippen MR) is 140 cm³/mol. The van der Waals surface area contributed by atoms with Gasteiger partial charge >= 0.3 is 0 Å². The molecule has 33 heavy (non-hydrogen) atoms. The smallest absolute Gasteiger partial charge is 0.255 e. The lowest BCUT2D eigenvalue weighted by Crippen LogP contribution is -2.52. The first-order chi connectivity index (χ1) is 15.9. The lowest BCUT2D eigenvalue weighted by atomic mass is 9.94. The molecule has 0 aromatic heterocycles. The highest BCUT2D eigenvalue weighted by atomic mass is 79.9. The summed E-state index contributed by atoms with van der Waals surface area (Å²) in [5.74, 6) is 1.18. The first kappa shape index (κ1) is 24.5. The van der Waals surface area contributed by atoms with Crippen molar-refractivity contribution in [2.45, 2.75) is 45.1 Å². The summed E-state index contributed by atoms with van der Waals surface area (Å²) in [6.45, 7) is 10.0. The number of hydrogen-bond donors (Lipinski definition) is 2. The van der Waals surface area contributed by atoms with Crippen LogP contribution < -0.4 is 15.8 Å². The molecule has 7 nitrogen and oxygen atoms in total. The standard InChI is InChI=1S/C24H36BrN5O2S/c1-2-32-22-15-21(26)20(25)14-19(22)23(31)27-18-6-10-28(11-7-18)16-17-4-12-30(13-5-17)24(33)29-8-3-9-29/h14-15,17-18H,2-13,16,26H2,1H3,(H,27,31). The Morgan fingerprint density at radius 3 is 2.39 bits per heavy atom.